The van der Waals surface area contributed by atoms with Crippen molar-refractivity contribution in [3.05, 3.63) is 40.6 Å². The number of ether oxygens (including phenoxy) is 2. The number of piperazine rings is 1. The molecule has 1 fully saturated rings. The van der Waals surface area contributed by atoms with Crippen molar-refractivity contribution >= 4 is 27.3 Å². The normalized spacial score (nSPS) is 17.8. The number of likely N-dealkylation sites (N-methyl/N-ethyl adjacent to an activating group) is 1. The summed E-state index contributed by atoms with van der Waals surface area (Å²) < 4.78 is 38.9. The SMILES string of the molecule is CN(Cc1ccsc1)C(=O)CN1CCN(S(=O)(=O)c2ccc3c(c2)OCCCO3)CC1. The summed E-state index contributed by atoms with van der Waals surface area (Å²) in [5.41, 5.74) is 1.12. The molecule has 1 amide bonds. The molecule has 2 aromatic rings. The number of hydrogen-bond donors (Lipinski definition) is 0. The average molecular weight is 466 g/mol. The highest BCUT2D eigenvalue weighted by atomic mass is 32.2. The molecule has 3 heterocycles. The molecular formula is C21H27N3O5S2. The fourth-order valence-electron chi connectivity index (χ4n) is 3.64. The smallest absolute Gasteiger partial charge is 0.243 e. The van der Waals surface area contributed by atoms with E-state index >= 15 is 0 Å². The molecule has 0 N–H and O–H groups in total. The lowest BCUT2D eigenvalue weighted by Gasteiger charge is -2.34. The number of carbonyl (C=O) groups is 1. The zero-order valence-corrected chi connectivity index (χ0v) is 19.2. The van der Waals surface area contributed by atoms with E-state index in [9.17, 15) is 13.2 Å². The van der Waals surface area contributed by atoms with Crippen molar-refractivity contribution in [2.75, 3.05) is 53.0 Å². The van der Waals surface area contributed by atoms with Gasteiger partial charge < -0.3 is 14.4 Å². The van der Waals surface area contributed by atoms with Crippen LogP contribution in [0.15, 0.2) is 39.9 Å². The van der Waals surface area contributed by atoms with Crippen molar-refractivity contribution in [2.45, 2.75) is 17.9 Å². The van der Waals surface area contributed by atoms with Crippen LogP contribution < -0.4 is 9.47 Å². The maximum atomic E-state index is 13.1. The Morgan fingerprint density at radius 2 is 1.84 bits per heavy atom. The highest BCUT2D eigenvalue weighted by molar-refractivity contribution is 7.89. The third-order valence-corrected chi connectivity index (χ3v) is 8.10. The molecule has 31 heavy (non-hydrogen) atoms. The third-order valence-electron chi connectivity index (χ3n) is 5.47. The summed E-state index contributed by atoms with van der Waals surface area (Å²) in [5, 5.41) is 4.03. The molecule has 0 unspecified atom stereocenters. The first-order valence-electron chi connectivity index (χ1n) is 10.3. The summed E-state index contributed by atoms with van der Waals surface area (Å²) >= 11 is 1.61. The van der Waals surface area contributed by atoms with Crippen LogP contribution in [0.1, 0.15) is 12.0 Å². The summed E-state index contributed by atoms with van der Waals surface area (Å²) in [5.74, 6) is 1.08. The van der Waals surface area contributed by atoms with E-state index in [1.54, 1.807) is 41.5 Å². The Hall–Kier alpha value is -2.14. The van der Waals surface area contributed by atoms with Gasteiger partial charge in [-0.1, -0.05) is 0 Å². The zero-order valence-electron chi connectivity index (χ0n) is 17.5. The Balaban J connectivity index is 1.33. The molecule has 10 heteroatoms. The number of carbonyl (C=O) groups excluding carboxylic acids is 1. The maximum Gasteiger partial charge on any atom is 0.243 e. The van der Waals surface area contributed by atoms with Crippen LogP contribution in [0.5, 0.6) is 11.5 Å². The minimum absolute atomic E-state index is 0.0328. The summed E-state index contributed by atoms with van der Waals surface area (Å²) in [7, 11) is -1.84. The van der Waals surface area contributed by atoms with Crippen LogP contribution in [0.3, 0.4) is 0 Å². The number of nitrogens with zero attached hydrogens (tertiary/aromatic N) is 3. The van der Waals surface area contributed by atoms with E-state index in [1.807, 2.05) is 21.7 Å². The lowest BCUT2D eigenvalue weighted by molar-refractivity contribution is -0.131. The lowest BCUT2D eigenvalue weighted by atomic mass is 10.3. The fourth-order valence-corrected chi connectivity index (χ4v) is 5.74. The monoisotopic (exact) mass is 465 g/mol. The van der Waals surface area contributed by atoms with Gasteiger partial charge in [-0.15, -0.1) is 0 Å². The Bertz CT molecular complexity index is 1000. The first-order valence-corrected chi connectivity index (χ1v) is 12.7. The van der Waals surface area contributed by atoms with Crippen molar-refractivity contribution in [2.24, 2.45) is 0 Å². The van der Waals surface area contributed by atoms with Crippen LogP contribution in [-0.4, -0.2) is 81.4 Å². The molecule has 0 aliphatic carbocycles. The highest BCUT2D eigenvalue weighted by Gasteiger charge is 2.30. The molecule has 168 valence electrons. The zero-order chi connectivity index (χ0) is 21.8. The van der Waals surface area contributed by atoms with E-state index in [4.69, 9.17) is 9.47 Å². The Morgan fingerprint density at radius 1 is 1.10 bits per heavy atom. The van der Waals surface area contributed by atoms with Crippen molar-refractivity contribution in [3.63, 3.8) is 0 Å². The molecule has 4 rings (SSSR count). The van der Waals surface area contributed by atoms with E-state index in [1.165, 1.54) is 4.31 Å². The van der Waals surface area contributed by atoms with Crippen LogP contribution in [0.2, 0.25) is 0 Å². The molecule has 0 radical (unpaired) electrons. The predicted molar refractivity (Wildman–Crippen MR) is 118 cm³/mol. The van der Waals surface area contributed by atoms with Gasteiger partial charge in [0, 0.05) is 52.3 Å². The first-order chi connectivity index (χ1) is 14.9. The lowest BCUT2D eigenvalue weighted by Crippen LogP contribution is -2.51. The molecule has 8 nitrogen and oxygen atoms in total. The molecule has 1 aromatic carbocycles. The van der Waals surface area contributed by atoms with E-state index in [0.717, 1.165) is 12.0 Å². The van der Waals surface area contributed by atoms with Crippen molar-refractivity contribution in [3.8, 4) is 11.5 Å². The van der Waals surface area contributed by atoms with Gasteiger partial charge in [-0.25, -0.2) is 8.42 Å². The van der Waals surface area contributed by atoms with Gasteiger partial charge in [0.15, 0.2) is 11.5 Å². The molecule has 0 spiro atoms. The van der Waals surface area contributed by atoms with Gasteiger partial charge >= 0.3 is 0 Å². The van der Waals surface area contributed by atoms with E-state index in [2.05, 4.69) is 0 Å². The Kier molecular flexibility index (Phi) is 6.80. The first kappa shape index (κ1) is 22.1. The molecule has 2 aliphatic heterocycles. The number of fused-ring (bicyclic) bond motifs is 1. The maximum absolute atomic E-state index is 13.1. The quantitative estimate of drug-likeness (QED) is 0.648. The molecule has 1 aromatic heterocycles. The second-order valence-electron chi connectivity index (χ2n) is 7.72. The highest BCUT2D eigenvalue weighted by Crippen LogP contribution is 2.33. The van der Waals surface area contributed by atoms with Crippen molar-refractivity contribution in [1.29, 1.82) is 0 Å². The largest absolute Gasteiger partial charge is 0.490 e. The van der Waals surface area contributed by atoms with Gasteiger partial charge in [-0.3, -0.25) is 9.69 Å². The molecule has 0 saturated carbocycles. The predicted octanol–water partition coefficient (Wildman–Crippen LogP) is 1.87. The van der Waals surface area contributed by atoms with Crippen LogP contribution in [0.25, 0.3) is 0 Å². The van der Waals surface area contributed by atoms with Crippen molar-refractivity contribution < 1.29 is 22.7 Å². The second kappa shape index (κ2) is 9.56. The van der Waals surface area contributed by atoms with Gasteiger partial charge in [0.2, 0.25) is 15.9 Å². The van der Waals surface area contributed by atoms with E-state index < -0.39 is 10.0 Å². The van der Waals surface area contributed by atoms with Gasteiger partial charge in [0.25, 0.3) is 0 Å². The van der Waals surface area contributed by atoms with Crippen molar-refractivity contribution in [1.82, 2.24) is 14.1 Å². The fraction of sp³-hybridized carbons (Fsp3) is 0.476. The Labute approximate surface area is 187 Å². The summed E-state index contributed by atoms with van der Waals surface area (Å²) in [4.78, 5) is 16.5. The third kappa shape index (κ3) is 5.20. The number of hydrogen-bond acceptors (Lipinski definition) is 7. The van der Waals surface area contributed by atoms with E-state index in [-0.39, 0.29) is 10.8 Å². The molecule has 2 aliphatic rings. The van der Waals surface area contributed by atoms with Crippen LogP contribution in [0.4, 0.5) is 0 Å². The molecule has 0 bridgehead atoms. The minimum Gasteiger partial charge on any atom is -0.490 e. The standard InChI is InChI=1S/C21H27N3O5S2/c1-22(14-17-5-12-30-16-17)21(25)15-23-6-8-24(9-7-23)31(26,27)18-3-4-19-20(13-18)29-11-2-10-28-19/h3-5,12-13,16H,2,6-11,14-15H2,1H3. The summed E-state index contributed by atoms with van der Waals surface area (Å²) in [6.45, 7) is 3.66. The summed E-state index contributed by atoms with van der Waals surface area (Å²) in [6.07, 6.45) is 0.764. The Morgan fingerprint density at radius 3 is 2.55 bits per heavy atom. The second-order valence-corrected chi connectivity index (χ2v) is 10.4. The topological polar surface area (TPSA) is 79.4 Å². The summed E-state index contributed by atoms with van der Waals surface area (Å²) in [6, 6.07) is 6.78. The number of sulfonamides is 1. The van der Waals surface area contributed by atoms with Gasteiger partial charge in [0.05, 0.1) is 24.7 Å². The molecular weight excluding hydrogens is 438 g/mol. The van der Waals surface area contributed by atoms with Crippen LogP contribution in [-0.2, 0) is 21.4 Å². The van der Waals surface area contributed by atoms with Gasteiger partial charge in [-0.2, -0.15) is 15.6 Å². The number of thiophene rings is 1. The van der Waals surface area contributed by atoms with Crippen LogP contribution in [0, 0.1) is 0 Å². The molecule has 0 atom stereocenters. The number of amides is 1. The van der Waals surface area contributed by atoms with Crippen LogP contribution >= 0.6 is 11.3 Å². The van der Waals surface area contributed by atoms with Gasteiger partial charge in [-0.05, 0) is 34.5 Å². The van der Waals surface area contributed by atoms with E-state index in [0.29, 0.717) is 64.0 Å². The number of benzene rings is 1. The number of rotatable bonds is 6. The minimum atomic E-state index is -3.63. The average Bonchev–Trinajstić information content (AvgIpc) is 3.16. The van der Waals surface area contributed by atoms with Gasteiger partial charge in [0.1, 0.15) is 0 Å². The molecule has 1 saturated heterocycles.